The lowest BCUT2D eigenvalue weighted by molar-refractivity contribution is -0.144. The molecule has 0 atom stereocenters. The van der Waals surface area contributed by atoms with E-state index in [4.69, 9.17) is 9.47 Å². The number of halogens is 3. The van der Waals surface area contributed by atoms with E-state index in [0.717, 1.165) is 0 Å². The van der Waals surface area contributed by atoms with Gasteiger partial charge in [0.15, 0.2) is 11.5 Å². The van der Waals surface area contributed by atoms with Gasteiger partial charge in [-0.3, -0.25) is 0 Å². The van der Waals surface area contributed by atoms with Crippen molar-refractivity contribution in [3.05, 3.63) is 48.3 Å². The van der Waals surface area contributed by atoms with Gasteiger partial charge in [0, 0.05) is 11.1 Å². The van der Waals surface area contributed by atoms with Crippen LogP contribution >= 0.6 is 0 Å². The maximum absolute atomic E-state index is 13.2. The fourth-order valence-electron chi connectivity index (χ4n) is 2.39. The number of hydrogen-bond acceptors (Lipinski definition) is 5. The van der Waals surface area contributed by atoms with E-state index in [0.29, 0.717) is 11.1 Å². The summed E-state index contributed by atoms with van der Waals surface area (Å²) in [6.45, 7) is 0. The molecule has 1 aromatic heterocycles. The quantitative estimate of drug-likeness (QED) is 0.756. The van der Waals surface area contributed by atoms with Gasteiger partial charge in [-0.05, 0) is 24.3 Å². The number of anilines is 2. The summed E-state index contributed by atoms with van der Waals surface area (Å²) in [5.74, 6) is -0.828. The normalized spacial score (nSPS) is 11.4. The van der Waals surface area contributed by atoms with Crippen molar-refractivity contribution in [3.8, 4) is 11.5 Å². The highest BCUT2D eigenvalue weighted by molar-refractivity contribution is 5.96. The molecular formula is C17H14F3N3O2. The van der Waals surface area contributed by atoms with Crippen LogP contribution in [0, 0.1) is 0 Å². The maximum atomic E-state index is 13.2. The Bertz CT molecular complexity index is 899. The zero-order valence-electron chi connectivity index (χ0n) is 13.4. The molecule has 0 amide bonds. The van der Waals surface area contributed by atoms with Gasteiger partial charge in [0.25, 0.3) is 0 Å². The lowest BCUT2D eigenvalue weighted by Crippen LogP contribution is -2.13. The molecule has 3 rings (SSSR count). The summed E-state index contributed by atoms with van der Waals surface area (Å²) in [5, 5.41) is 3.28. The number of rotatable bonds is 4. The van der Waals surface area contributed by atoms with Crippen LogP contribution in [0.4, 0.5) is 24.7 Å². The smallest absolute Gasteiger partial charge is 0.451 e. The molecule has 0 saturated carbocycles. The van der Waals surface area contributed by atoms with Crippen molar-refractivity contribution >= 4 is 22.4 Å². The van der Waals surface area contributed by atoms with Crippen molar-refractivity contribution in [2.45, 2.75) is 6.18 Å². The second kappa shape index (κ2) is 6.46. The number of fused-ring (bicyclic) bond motifs is 1. The predicted octanol–water partition coefficient (Wildman–Crippen LogP) is 4.41. The van der Waals surface area contributed by atoms with Gasteiger partial charge in [0.2, 0.25) is 5.82 Å². The first-order valence-corrected chi connectivity index (χ1v) is 7.26. The highest BCUT2D eigenvalue weighted by Crippen LogP contribution is 2.39. The Morgan fingerprint density at radius 3 is 2.24 bits per heavy atom. The van der Waals surface area contributed by atoms with E-state index < -0.39 is 12.0 Å². The molecule has 0 saturated heterocycles. The van der Waals surface area contributed by atoms with Crippen LogP contribution in [-0.4, -0.2) is 24.2 Å². The first-order valence-electron chi connectivity index (χ1n) is 7.26. The minimum atomic E-state index is -4.70. The average Bonchev–Trinajstić information content (AvgIpc) is 2.60. The summed E-state index contributed by atoms with van der Waals surface area (Å²) in [5.41, 5.74) is 0.619. The highest BCUT2D eigenvalue weighted by atomic mass is 19.4. The van der Waals surface area contributed by atoms with E-state index in [-0.39, 0.29) is 22.8 Å². The predicted molar refractivity (Wildman–Crippen MR) is 87.4 cm³/mol. The minimum absolute atomic E-state index is 0.0163. The first-order chi connectivity index (χ1) is 11.9. The third kappa shape index (κ3) is 3.28. The fourth-order valence-corrected chi connectivity index (χ4v) is 2.39. The second-order valence-electron chi connectivity index (χ2n) is 5.08. The number of para-hydroxylation sites is 1. The summed E-state index contributed by atoms with van der Waals surface area (Å²) >= 11 is 0. The van der Waals surface area contributed by atoms with Gasteiger partial charge >= 0.3 is 6.18 Å². The molecule has 5 nitrogen and oxygen atoms in total. The molecule has 0 aliphatic rings. The van der Waals surface area contributed by atoms with E-state index >= 15 is 0 Å². The highest BCUT2D eigenvalue weighted by Gasteiger charge is 2.36. The van der Waals surface area contributed by atoms with Crippen molar-refractivity contribution in [2.24, 2.45) is 0 Å². The van der Waals surface area contributed by atoms with Crippen molar-refractivity contribution in [1.29, 1.82) is 0 Å². The van der Waals surface area contributed by atoms with E-state index in [2.05, 4.69) is 15.3 Å². The van der Waals surface area contributed by atoms with Gasteiger partial charge in [-0.25, -0.2) is 9.97 Å². The number of nitrogens with one attached hydrogen (secondary N) is 1. The molecule has 1 N–H and O–H groups in total. The topological polar surface area (TPSA) is 56.3 Å². The molecule has 0 unspecified atom stereocenters. The Kier molecular flexibility index (Phi) is 4.35. The Labute approximate surface area is 141 Å². The summed E-state index contributed by atoms with van der Waals surface area (Å²) < 4.78 is 50.0. The SMILES string of the molecule is COc1ccc2c(Nc3ccccc3)nc(C(F)(F)F)nc2c1OC. The Morgan fingerprint density at radius 1 is 0.920 bits per heavy atom. The molecule has 130 valence electrons. The molecule has 8 heteroatoms. The molecular weight excluding hydrogens is 335 g/mol. The number of benzene rings is 2. The van der Waals surface area contributed by atoms with E-state index in [9.17, 15) is 13.2 Å². The van der Waals surface area contributed by atoms with Crippen molar-refractivity contribution < 1.29 is 22.6 Å². The molecule has 0 radical (unpaired) electrons. The molecule has 25 heavy (non-hydrogen) atoms. The Hall–Kier alpha value is -3.03. The van der Waals surface area contributed by atoms with E-state index in [1.54, 1.807) is 42.5 Å². The number of hydrogen-bond donors (Lipinski definition) is 1. The molecule has 2 aromatic carbocycles. The van der Waals surface area contributed by atoms with Crippen molar-refractivity contribution in [2.75, 3.05) is 19.5 Å². The molecule has 0 fully saturated rings. The Balaban J connectivity index is 2.27. The van der Waals surface area contributed by atoms with Crippen LogP contribution in [0.25, 0.3) is 10.9 Å². The maximum Gasteiger partial charge on any atom is 0.451 e. The van der Waals surface area contributed by atoms with Gasteiger partial charge < -0.3 is 14.8 Å². The molecule has 0 spiro atoms. The number of nitrogens with zero attached hydrogens (tertiary/aromatic N) is 2. The summed E-state index contributed by atoms with van der Waals surface area (Å²) in [6, 6.07) is 12.0. The van der Waals surface area contributed by atoms with Gasteiger partial charge in [-0.1, -0.05) is 18.2 Å². The lowest BCUT2D eigenvalue weighted by Gasteiger charge is -2.15. The van der Waals surface area contributed by atoms with Crippen LogP contribution in [-0.2, 0) is 6.18 Å². The summed E-state index contributed by atoms with van der Waals surface area (Å²) in [6.07, 6.45) is -4.70. The van der Waals surface area contributed by atoms with Gasteiger partial charge in [-0.15, -0.1) is 0 Å². The summed E-state index contributed by atoms with van der Waals surface area (Å²) in [4.78, 5) is 7.30. The average molecular weight is 349 g/mol. The fraction of sp³-hybridized carbons (Fsp3) is 0.176. The van der Waals surface area contributed by atoms with Gasteiger partial charge in [0.1, 0.15) is 11.3 Å². The molecule has 1 heterocycles. The van der Waals surface area contributed by atoms with Crippen LogP contribution in [0.5, 0.6) is 11.5 Å². The minimum Gasteiger partial charge on any atom is -0.493 e. The van der Waals surface area contributed by atoms with E-state index in [1.165, 1.54) is 14.2 Å². The van der Waals surface area contributed by atoms with Crippen molar-refractivity contribution in [1.82, 2.24) is 9.97 Å². The van der Waals surface area contributed by atoms with Crippen LogP contribution in [0.3, 0.4) is 0 Å². The van der Waals surface area contributed by atoms with Crippen molar-refractivity contribution in [3.63, 3.8) is 0 Å². The third-order valence-electron chi connectivity index (χ3n) is 3.50. The molecule has 3 aromatic rings. The van der Waals surface area contributed by atoms with Crippen LogP contribution in [0.15, 0.2) is 42.5 Å². The number of aromatic nitrogens is 2. The van der Waals surface area contributed by atoms with Crippen LogP contribution in [0.2, 0.25) is 0 Å². The monoisotopic (exact) mass is 349 g/mol. The van der Waals surface area contributed by atoms with E-state index in [1.807, 2.05) is 0 Å². The largest absolute Gasteiger partial charge is 0.493 e. The zero-order chi connectivity index (χ0) is 18.0. The van der Waals surface area contributed by atoms with Gasteiger partial charge in [0.05, 0.1) is 14.2 Å². The Morgan fingerprint density at radius 2 is 1.64 bits per heavy atom. The first kappa shape index (κ1) is 16.8. The molecule has 0 aliphatic heterocycles. The molecule has 0 bridgehead atoms. The zero-order valence-corrected chi connectivity index (χ0v) is 13.4. The van der Waals surface area contributed by atoms with Crippen LogP contribution < -0.4 is 14.8 Å². The van der Waals surface area contributed by atoms with Crippen LogP contribution in [0.1, 0.15) is 5.82 Å². The number of alkyl halides is 3. The van der Waals surface area contributed by atoms with Gasteiger partial charge in [-0.2, -0.15) is 13.2 Å². The number of methoxy groups -OCH3 is 2. The standard InChI is InChI=1S/C17H14F3N3O2/c1-24-12-9-8-11-13(14(12)25-2)22-16(17(18,19)20)23-15(11)21-10-6-4-3-5-7-10/h3-9H,1-2H3,(H,21,22,23). The summed E-state index contributed by atoms with van der Waals surface area (Å²) in [7, 11) is 2.75. The third-order valence-corrected chi connectivity index (χ3v) is 3.50. The second-order valence-corrected chi connectivity index (χ2v) is 5.08. The lowest BCUT2D eigenvalue weighted by atomic mass is 10.2. The molecule has 0 aliphatic carbocycles. The number of ether oxygens (including phenoxy) is 2.